The van der Waals surface area contributed by atoms with E-state index in [9.17, 15) is 9.90 Å². The summed E-state index contributed by atoms with van der Waals surface area (Å²) < 4.78 is 5.77. The number of nitrogens with zero attached hydrogens (tertiary/aromatic N) is 3. The fraction of sp³-hybridized carbons (Fsp3) is 0.577. The minimum atomic E-state index is -1.59. The smallest absolute Gasteiger partial charge is 0.343 e. The molecule has 32 heavy (non-hydrogen) atoms. The van der Waals surface area contributed by atoms with Gasteiger partial charge in [-0.3, -0.25) is 0 Å². The van der Waals surface area contributed by atoms with Gasteiger partial charge >= 0.3 is 5.97 Å². The monoisotopic (exact) mass is 437 g/mol. The fourth-order valence-electron chi connectivity index (χ4n) is 5.24. The molecule has 1 saturated heterocycles. The normalized spacial score (nSPS) is 20.5. The number of rotatable bonds is 9. The molecule has 2 aromatic rings. The molecule has 6 nitrogen and oxygen atoms in total. The van der Waals surface area contributed by atoms with Crippen LogP contribution in [0.25, 0.3) is 0 Å². The van der Waals surface area contributed by atoms with E-state index in [1.54, 1.807) is 12.4 Å². The molecule has 1 aromatic carbocycles. The van der Waals surface area contributed by atoms with Crippen molar-refractivity contribution in [3.8, 4) is 0 Å². The molecule has 6 heteroatoms. The first-order valence-electron chi connectivity index (χ1n) is 12.1. The molecule has 1 unspecified atom stereocenters. The zero-order chi connectivity index (χ0) is 22.2. The van der Waals surface area contributed by atoms with Gasteiger partial charge in [-0.15, -0.1) is 0 Å². The number of aromatic nitrogens is 2. The number of hydrogen-bond donors (Lipinski definition) is 1. The highest BCUT2D eigenvalue weighted by Gasteiger charge is 2.47. The largest absolute Gasteiger partial charge is 0.463 e. The number of esters is 1. The molecular formula is C26H35N3O3. The number of carbonyl (C=O) groups excluding carboxylic acids is 1. The second-order valence-corrected chi connectivity index (χ2v) is 9.20. The highest BCUT2D eigenvalue weighted by molar-refractivity contribution is 5.81. The van der Waals surface area contributed by atoms with E-state index in [1.165, 1.54) is 12.8 Å². The summed E-state index contributed by atoms with van der Waals surface area (Å²) in [6, 6.07) is 11.1. The Morgan fingerprint density at radius 3 is 2.41 bits per heavy atom. The predicted molar refractivity (Wildman–Crippen MR) is 123 cm³/mol. The Bertz CT molecular complexity index is 836. The van der Waals surface area contributed by atoms with Crippen LogP contribution in [-0.2, 0) is 15.1 Å². The molecule has 2 atom stereocenters. The Labute approximate surface area is 191 Å². The van der Waals surface area contributed by atoms with Crippen molar-refractivity contribution in [3.05, 3.63) is 60.2 Å². The van der Waals surface area contributed by atoms with Gasteiger partial charge < -0.3 is 14.7 Å². The zero-order valence-electron chi connectivity index (χ0n) is 18.9. The molecule has 172 valence electrons. The summed E-state index contributed by atoms with van der Waals surface area (Å²) in [5.41, 5.74) is -0.952. The van der Waals surface area contributed by atoms with Gasteiger partial charge in [0.2, 0.25) is 0 Å². The van der Waals surface area contributed by atoms with Gasteiger partial charge in [0, 0.05) is 30.8 Å². The summed E-state index contributed by atoms with van der Waals surface area (Å²) in [5, 5.41) is 11.7. The third kappa shape index (κ3) is 5.36. The van der Waals surface area contributed by atoms with E-state index in [0.717, 1.165) is 57.6 Å². The number of carbonyl (C=O) groups is 1. The Hall–Kier alpha value is -2.31. The van der Waals surface area contributed by atoms with Crippen LogP contribution in [0.4, 0.5) is 0 Å². The maximum atomic E-state index is 13.3. The summed E-state index contributed by atoms with van der Waals surface area (Å²) >= 11 is 0. The lowest BCUT2D eigenvalue weighted by Crippen LogP contribution is -2.45. The molecule has 1 aliphatic heterocycles. The highest BCUT2D eigenvalue weighted by atomic mass is 16.5. The van der Waals surface area contributed by atoms with Crippen LogP contribution in [0.2, 0.25) is 0 Å². The van der Waals surface area contributed by atoms with Gasteiger partial charge in [-0.05, 0) is 56.8 Å². The molecule has 1 N–H and O–H groups in total. The quantitative estimate of drug-likeness (QED) is 0.597. The van der Waals surface area contributed by atoms with Crippen molar-refractivity contribution in [1.82, 2.24) is 14.9 Å². The van der Waals surface area contributed by atoms with Crippen molar-refractivity contribution < 1.29 is 14.6 Å². The SMILES string of the molecule is O=C(OCC[C@@H](CN1CCCC1)c1ncccn1)C(O)(c1ccccc1)C1CCCCC1. The average molecular weight is 438 g/mol. The first-order chi connectivity index (χ1) is 15.7. The Kier molecular flexibility index (Phi) is 7.87. The van der Waals surface area contributed by atoms with E-state index in [0.29, 0.717) is 12.0 Å². The van der Waals surface area contributed by atoms with Gasteiger partial charge in [0.15, 0.2) is 5.60 Å². The van der Waals surface area contributed by atoms with Gasteiger partial charge in [0.25, 0.3) is 0 Å². The molecule has 1 saturated carbocycles. The topological polar surface area (TPSA) is 75.5 Å². The molecule has 0 amide bonds. The van der Waals surface area contributed by atoms with E-state index in [4.69, 9.17) is 4.74 Å². The Morgan fingerprint density at radius 2 is 1.72 bits per heavy atom. The first-order valence-corrected chi connectivity index (χ1v) is 12.1. The van der Waals surface area contributed by atoms with E-state index >= 15 is 0 Å². The molecule has 1 aromatic heterocycles. The minimum absolute atomic E-state index is 0.0987. The molecule has 2 fully saturated rings. The Morgan fingerprint density at radius 1 is 1.03 bits per heavy atom. The summed E-state index contributed by atoms with van der Waals surface area (Å²) in [6.45, 7) is 3.31. The summed E-state index contributed by atoms with van der Waals surface area (Å²) in [7, 11) is 0. The third-order valence-corrected chi connectivity index (χ3v) is 7.05. The van der Waals surface area contributed by atoms with Crippen molar-refractivity contribution >= 4 is 5.97 Å². The lowest BCUT2D eigenvalue weighted by atomic mass is 9.73. The third-order valence-electron chi connectivity index (χ3n) is 7.05. The maximum absolute atomic E-state index is 13.3. The van der Waals surface area contributed by atoms with Gasteiger partial charge in [0.05, 0.1) is 6.61 Å². The van der Waals surface area contributed by atoms with E-state index in [1.807, 2.05) is 36.4 Å². The highest BCUT2D eigenvalue weighted by Crippen LogP contribution is 2.40. The molecule has 0 radical (unpaired) electrons. The second-order valence-electron chi connectivity index (χ2n) is 9.20. The van der Waals surface area contributed by atoms with E-state index < -0.39 is 11.6 Å². The minimum Gasteiger partial charge on any atom is -0.463 e. The number of benzene rings is 1. The number of aliphatic hydroxyl groups is 1. The van der Waals surface area contributed by atoms with Crippen LogP contribution in [-0.4, -0.2) is 52.2 Å². The number of ether oxygens (including phenoxy) is 1. The first kappa shape index (κ1) is 22.9. The molecule has 2 heterocycles. The van der Waals surface area contributed by atoms with Crippen molar-refractivity contribution in [1.29, 1.82) is 0 Å². The molecule has 0 spiro atoms. The van der Waals surface area contributed by atoms with Crippen molar-refractivity contribution in [3.63, 3.8) is 0 Å². The maximum Gasteiger partial charge on any atom is 0.343 e. The van der Waals surface area contributed by atoms with Crippen LogP contribution in [0.1, 0.15) is 68.7 Å². The van der Waals surface area contributed by atoms with Gasteiger partial charge in [-0.25, -0.2) is 14.8 Å². The van der Waals surface area contributed by atoms with Crippen LogP contribution in [0.15, 0.2) is 48.8 Å². The lowest BCUT2D eigenvalue weighted by Gasteiger charge is -2.36. The van der Waals surface area contributed by atoms with Crippen LogP contribution in [0, 0.1) is 5.92 Å². The molecule has 2 aliphatic rings. The second kappa shape index (κ2) is 11.0. The summed E-state index contributed by atoms with van der Waals surface area (Å²) in [6.07, 6.45) is 11.5. The Balaban J connectivity index is 1.44. The predicted octanol–water partition coefficient (Wildman–Crippen LogP) is 4.06. The van der Waals surface area contributed by atoms with Crippen LogP contribution >= 0.6 is 0 Å². The van der Waals surface area contributed by atoms with Crippen LogP contribution in [0.3, 0.4) is 0 Å². The molecule has 0 bridgehead atoms. The molecule has 4 rings (SSSR count). The number of likely N-dealkylation sites (tertiary alicyclic amines) is 1. The summed E-state index contributed by atoms with van der Waals surface area (Å²) in [5.74, 6) is 0.260. The van der Waals surface area contributed by atoms with Crippen molar-refractivity contribution in [2.45, 2.75) is 62.9 Å². The van der Waals surface area contributed by atoms with Crippen LogP contribution in [0.5, 0.6) is 0 Å². The van der Waals surface area contributed by atoms with Gasteiger partial charge in [0.1, 0.15) is 5.82 Å². The van der Waals surface area contributed by atoms with Crippen molar-refractivity contribution in [2.75, 3.05) is 26.2 Å². The number of hydrogen-bond acceptors (Lipinski definition) is 6. The fourth-order valence-corrected chi connectivity index (χ4v) is 5.24. The van der Waals surface area contributed by atoms with Crippen molar-refractivity contribution in [2.24, 2.45) is 5.92 Å². The van der Waals surface area contributed by atoms with Gasteiger partial charge in [-0.2, -0.15) is 0 Å². The van der Waals surface area contributed by atoms with E-state index in [2.05, 4.69) is 14.9 Å². The summed E-state index contributed by atoms with van der Waals surface area (Å²) in [4.78, 5) is 24.7. The van der Waals surface area contributed by atoms with Crippen LogP contribution < -0.4 is 0 Å². The molecular weight excluding hydrogens is 402 g/mol. The zero-order valence-corrected chi connectivity index (χ0v) is 18.9. The molecule has 1 aliphatic carbocycles. The van der Waals surface area contributed by atoms with E-state index in [-0.39, 0.29) is 18.4 Å². The van der Waals surface area contributed by atoms with Gasteiger partial charge in [-0.1, -0.05) is 49.6 Å². The average Bonchev–Trinajstić information content (AvgIpc) is 3.37. The lowest BCUT2D eigenvalue weighted by molar-refractivity contribution is -0.175. The standard InChI is InChI=1S/C26H35N3O3/c30-25(26(31,22-10-3-1-4-11-22)23-12-5-2-6-13-23)32-19-14-21(20-29-17-7-8-18-29)24-27-15-9-16-28-24/h1,3-4,9-11,15-16,21,23,31H,2,5-8,12-14,17-20H2/t21-,26?/m0/s1.